The van der Waals surface area contributed by atoms with E-state index >= 15 is 0 Å². The van der Waals surface area contributed by atoms with Gasteiger partial charge < -0.3 is 4.57 Å². The normalized spacial score (nSPS) is 12.3. The van der Waals surface area contributed by atoms with Crippen LogP contribution < -0.4 is 0 Å². The largest absolute Gasteiger partial charge is 0.356 e. The zero-order valence-corrected chi connectivity index (χ0v) is 9.33. The molecule has 0 radical (unpaired) electrons. The van der Waals surface area contributed by atoms with Gasteiger partial charge in [0.15, 0.2) is 0 Å². The Balaban J connectivity index is 2.77. The summed E-state index contributed by atoms with van der Waals surface area (Å²) in [5.74, 6) is 0. The maximum absolute atomic E-state index is 2.26. The van der Waals surface area contributed by atoms with Crippen molar-refractivity contribution in [2.75, 3.05) is 0 Å². The predicted octanol–water partition coefficient (Wildman–Crippen LogP) is 3.48. The summed E-state index contributed by atoms with van der Waals surface area (Å²) in [5, 5.41) is 2.71. The molecule has 0 saturated carbocycles. The second-order valence-electron chi connectivity index (χ2n) is 4.98. The Labute approximate surface area is 85.4 Å². The highest BCUT2D eigenvalue weighted by Gasteiger charge is 2.16. The first kappa shape index (κ1) is 9.32. The summed E-state index contributed by atoms with van der Waals surface area (Å²) in [7, 11) is 2.08. The Morgan fingerprint density at radius 1 is 1.07 bits per heavy atom. The van der Waals surface area contributed by atoms with E-state index in [2.05, 4.69) is 63.0 Å². The quantitative estimate of drug-likeness (QED) is 0.595. The van der Waals surface area contributed by atoms with Gasteiger partial charge >= 0.3 is 0 Å². The van der Waals surface area contributed by atoms with Gasteiger partial charge in [-0.15, -0.1) is 0 Å². The molecule has 0 spiro atoms. The summed E-state index contributed by atoms with van der Waals surface area (Å²) in [6.45, 7) is 6.78. The summed E-state index contributed by atoms with van der Waals surface area (Å²) >= 11 is 0. The molecular weight excluding hydrogens is 170 g/mol. The number of benzene rings is 1. The lowest BCUT2D eigenvalue weighted by Gasteiger charge is -2.19. The highest BCUT2D eigenvalue weighted by molar-refractivity contribution is 5.86. The van der Waals surface area contributed by atoms with Crippen LogP contribution in [0.3, 0.4) is 0 Å². The molecule has 2 aromatic rings. The van der Waals surface area contributed by atoms with Crippen LogP contribution in [-0.2, 0) is 12.5 Å². The average Bonchev–Trinajstić information content (AvgIpc) is 2.41. The third-order valence-corrected chi connectivity index (χ3v) is 2.62. The van der Waals surface area contributed by atoms with Crippen molar-refractivity contribution in [3.8, 4) is 0 Å². The number of rotatable bonds is 0. The highest BCUT2D eigenvalue weighted by Crippen LogP contribution is 2.29. The minimum Gasteiger partial charge on any atom is -0.356 e. The van der Waals surface area contributed by atoms with Gasteiger partial charge in [-0.05, 0) is 16.4 Å². The fourth-order valence-electron chi connectivity index (χ4n) is 1.95. The number of nitrogens with zero attached hydrogens (tertiary/aromatic N) is 1. The van der Waals surface area contributed by atoms with Crippen LogP contribution in [0.5, 0.6) is 0 Å². The van der Waals surface area contributed by atoms with E-state index < -0.39 is 0 Å². The molecule has 1 aromatic heterocycles. The van der Waals surface area contributed by atoms with Crippen LogP contribution in [-0.4, -0.2) is 4.57 Å². The van der Waals surface area contributed by atoms with Crippen LogP contribution in [0.4, 0.5) is 0 Å². The van der Waals surface area contributed by atoms with Crippen molar-refractivity contribution in [2.45, 2.75) is 26.2 Å². The van der Waals surface area contributed by atoms with Crippen molar-refractivity contribution >= 4 is 10.8 Å². The summed E-state index contributed by atoms with van der Waals surface area (Å²) in [4.78, 5) is 0. The predicted molar refractivity (Wildman–Crippen MR) is 61.6 cm³/mol. The fourth-order valence-corrected chi connectivity index (χ4v) is 1.95. The van der Waals surface area contributed by atoms with Gasteiger partial charge in [-0.3, -0.25) is 0 Å². The number of hydrogen-bond donors (Lipinski definition) is 0. The maximum Gasteiger partial charge on any atom is 0.0114 e. The van der Waals surface area contributed by atoms with Gasteiger partial charge in [0, 0.05) is 24.8 Å². The van der Waals surface area contributed by atoms with Gasteiger partial charge in [0.2, 0.25) is 0 Å². The number of aromatic nitrogens is 1. The van der Waals surface area contributed by atoms with Crippen molar-refractivity contribution in [2.24, 2.45) is 7.05 Å². The van der Waals surface area contributed by atoms with Crippen molar-refractivity contribution in [1.29, 1.82) is 0 Å². The Hall–Kier alpha value is -1.24. The molecule has 0 unspecified atom stereocenters. The molecule has 74 valence electrons. The van der Waals surface area contributed by atoms with Crippen LogP contribution in [0.25, 0.3) is 10.8 Å². The van der Waals surface area contributed by atoms with Gasteiger partial charge in [0.25, 0.3) is 0 Å². The van der Waals surface area contributed by atoms with Gasteiger partial charge in [-0.25, -0.2) is 0 Å². The van der Waals surface area contributed by atoms with Crippen LogP contribution in [0.15, 0.2) is 30.6 Å². The molecule has 0 atom stereocenters. The molecule has 0 aliphatic heterocycles. The number of hydrogen-bond acceptors (Lipinski definition) is 0. The van der Waals surface area contributed by atoms with E-state index in [1.54, 1.807) is 0 Å². The van der Waals surface area contributed by atoms with E-state index in [1.807, 2.05) is 0 Å². The monoisotopic (exact) mass is 187 g/mol. The Kier molecular flexibility index (Phi) is 1.91. The van der Waals surface area contributed by atoms with Crippen LogP contribution in [0.1, 0.15) is 26.3 Å². The first-order chi connectivity index (χ1) is 6.48. The van der Waals surface area contributed by atoms with Gasteiger partial charge in [-0.2, -0.15) is 0 Å². The van der Waals surface area contributed by atoms with E-state index in [-0.39, 0.29) is 5.41 Å². The zero-order chi connectivity index (χ0) is 10.3. The lowest BCUT2D eigenvalue weighted by molar-refractivity contribution is 0.596. The van der Waals surface area contributed by atoms with Gasteiger partial charge in [0.05, 0.1) is 0 Å². The minimum absolute atomic E-state index is 0.223. The summed E-state index contributed by atoms with van der Waals surface area (Å²) in [6, 6.07) is 6.54. The molecule has 14 heavy (non-hydrogen) atoms. The van der Waals surface area contributed by atoms with E-state index in [0.717, 1.165) is 0 Å². The molecule has 0 saturated heterocycles. The summed E-state index contributed by atoms with van der Waals surface area (Å²) in [6.07, 6.45) is 4.38. The third kappa shape index (κ3) is 1.43. The summed E-state index contributed by atoms with van der Waals surface area (Å²) in [5.41, 5.74) is 1.65. The second-order valence-corrected chi connectivity index (χ2v) is 4.98. The molecule has 0 bridgehead atoms. The maximum atomic E-state index is 2.26. The van der Waals surface area contributed by atoms with E-state index in [1.165, 1.54) is 16.3 Å². The Bertz CT molecular complexity index is 458. The summed E-state index contributed by atoms with van der Waals surface area (Å²) < 4.78 is 2.12. The topological polar surface area (TPSA) is 4.93 Å². The molecule has 0 aliphatic rings. The molecule has 2 rings (SSSR count). The van der Waals surface area contributed by atoms with Gasteiger partial charge in [0.1, 0.15) is 0 Å². The van der Waals surface area contributed by atoms with Crippen molar-refractivity contribution in [3.63, 3.8) is 0 Å². The molecule has 0 amide bonds. The van der Waals surface area contributed by atoms with Crippen LogP contribution in [0.2, 0.25) is 0 Å². The van der Waals surface area contributed by atoms with E-state index in [9.17, 15) is 0 Å². The number of fused-ring (bicyclic) bond motifs is 1. The second kappa shape index (κ2) is 2.88. The Morgan fingerprint density at radius 2 is 1.79 bits per heavy atom. The Morgan fingerprint density at radius 3 is 2.43 bits per heavy atom. The molecule has 0 fully saturated rings. The smallest absolute Gasteiger partial charge is 0.0114 e. The van der Waals surface area contributed by atoms with E-state index in [0.29, 0.717) is 0 Å². The molecule has 0 N–H and O–H groups in total. The van der Waals surface area contributed by atoms with Crippen molar-refractivity contribution < 1.29 is 0 Å². The van der Waals surface area contributed by atoms with Crippen molar-refractivity contribution in [3.05, 3.63) is 36.2 Å². The van der Waals surface area contributed by atoms with Crippen LogP contribution >= 0.6 is 0 Å². The molecule has 0 aliphatic carbocycles. The third-order valence-electron chi connectivity index (χ3n) is 2.62. The number of aryl methyl sites for hydroxylation is 1. The molecule has 1 aromatic carbocycles. The SMILES string of the molecule is Cn1cc2cccc(C(C)(C)C)c2c1. The van der Waals surface area contributed by atoms with Gasteiger partial charge in [-0.1, -0.05) is 39.0 Å². The molecule has 1 heteroatoms. The highest BCUT2D eigenvalue weighted by atomic mass is 14.9. The van der Waals surface area contributed by atoms with E-state index in [4.69, 9.17) is 0 Å². The molecular formula is C13H17N. The fraction of sp³-hybridized carbons (Fsp3) is 0.385. The minimum atomic E-state index is 0.223. The first-order valence-electron chi connectivity index (χ1n) is 5.03. The first-order valence-corrected chi connectivity index (χ1v) is 5.03. The van der Waals surface area contributed by atoms with Crippen molar-refractivity contribution in [1.82, 2.24) is 4.57 Å². The molecule has 1 heterocycles. The standard InChI is InChI=1S/C13H17N/c1-13(2,3)12-7-5-6-10-8-14(4)9-11(10)12/h5-9H,1-4H3. The zero-order valence-electron chi connectivity index (χ0n) is 9.33. The average molecular weight is 187 g/mol. The lowest BCUT2D eigenvalue weighted by atomic mass is 9.85. The molecule has 1 nitrogen and oxygen atoms in total. The van der Waals surface area contributed by atoms with Crippen LogP contribution in [0, 0.1) is 0 Å². The lowest BCUT2D eigenvalue weighted by Crippen LogP contribution is -2.10.